The third-order valence-electron chi connectivity index (χ3n) is 5.96. The molecule has 0 spiro atoms. The highest BCUT2D eigenvalue weighted by molar-refractivity contribution is 5.88. The first kappa shape index (κ1) is 19.4. The van der Waals surface area contributed by atoms with Crippen molar-refractivity contribution < 1.29 is 9.21 Å². The topological polar surface area (TPSA) is 59.2 Å². The highest BCUT2D eigenvalue weighted by Gasteiger charge is 2.40. The maximum absolute atomic E-state index is 13.7. The van der Waals surface area contributed by atoms with Gasteiger partial charge in [-0.15, -0.1) is 10.2 Å². The van der Waals surface area contributed by atoms with E-state index in [9.17, 15) is 4.79 Å². The zero-order valence-electron chi connectivity index (χ0n) is 17.0. The van der Waals surface area contributed by atoms with E-state index in [4.69, 9.17) is 4.42 Å². The molecule has 2 aromatic carbocycles. The van der Waals surface area contributed by atoms with Gasteiger partial charge in [0.05, 0.1) is 5.41 Å². The highest BCUT2D eigenvalue weighted by Crippen LogP contribution is 2.34. The molecular weight excluding hydrogens is 362 g/mol. The lowest BCUT2D eigenvalue weighted by molar-refractivity contribution is -0.138. The number of rotatable bonds is 5. The molecule has 1 aromatic heterocycles. The van der Waals surface area contributed by atoms with Crippen LogP contribution in [0.15, 0.2) is 65.1 Å². The lowest BCUT2D eigenvalue weighted by Gasteiger charge is -2.38. The van der Waals surface area contributed by atoms with Gasteiger partial charge < -0.3 is 9.32 Å². The molecule has 1 aliphatic heterocycles. The van der Waals surface area contributed by atoms with Crippen LogP contribution < -0.4 is 0 Å². The van der Waals surface area contributed by atoms with Crippen LogP contribution in [-0.4, -0.2) is 34.1 Å². The molecule has 0 radical (unpaired) electrons. The van der Waals surface area contributed by atoms with Crippen molar-refractivity contribution >= 4 is 5.91 Å². The first-order chi connectivity index (χ1) is 14.1. The Labute approximate surface area is 171 Å². The van der Waals surface area contributed by atoms with Crippen molar-refractivity contribution in [2.75, 3.05) is 13.1 Å². The molecule has 1 atom stereocenters. The Morgan fingerprint density at radius 1 is 1.03 bits per heavy atom. The van der Waals surface area contributed by atoms with Crippen LogP contribution in [0.25, 0.3) is 0 Å². The van der Waals surface area contributed by atoms with E-state index < -0.39 is 5.41 Å². The highest BCUT2D eigenvalue weighted by atomic mass is 16.4. The molecule has 3 aromatic rings. The number of likely N-dealkylation sites (tertiary alicyclic amines) is 1. The van der Waals surface area contributed by atoms with Crippen LogP contribution in [0.4, 0.5) is 0 Å². The van der Waals surface area contributed by atoms with E-state index in [2.05, 4.69) is 41.4 Å². The maximum Gasteiger partial charge on any atom is 0.233 e. The van der Waals surface area contributed by atoms with Crippen LogP contribution in [0.3, 0.4) is 0 Å². The van der Waals surface area contributed by atoms with Crippen molar-refractivity contribution in [3.63, 3.8) is 0 Å². The summed E-state index contributed by atoms with van der Waals surface area (Å²) in [6.45, 7) is 5.30. The number of carbonyl (C=O) groups is 1. The molecule has 4 rings (SSSR count). The molecule has 0 saturated carbocycles. The predicted octanol–water partition coefficient (Wildman–Crippen LogP) is 4.28. The summed E-state index contributed by atoms with van der Waals surface area (Å²) >= 11 is 0. The van der Waals surface area contributed by atoms with Crippen LogP contribution in [-0.2, 0) is 16.6 Å². The first-order valence-electron chi connectivity index (χ1n) is 10.2. The fourth-order valence-electron chi connectivity index (χ4n) is 4.27. The van der Waals surface area contributed by atoms with Gasteiger partial charge in [-0.2, -0.15) is 0 Å². The summed E-state index contributed by atoms with van der Waals surface area (Å²) in [7, 11) is 0. The number of carbonyl (C=O) groups excluding carboxylic acids is 1. The Bertz CT molecular complexity index is 947. The van der Waals surface area contributed by atoms with Crippen molar-refractivity contribution in [1.29, 1.82) is 0 Å². The molecule has 1 saturated heterocycles. The van der Waals surface area contributed by atoms with Gasteiger partial charge in [-0.1, -0.05) is 60.7 Å². The number of benzene rings is 2. The second kappa shape index (κ2) is 8.19. The average Bonchev–Trinajstić information content (AvgIpc) is 3.21. The Kier molecular flexibility index (Phi) is 5.47. The summed E-state index contributed by atoms with van der Waals surface area (Å²) in [4.78, 5) is 15.8. The van der Waals surface area contributed by atoms with Gasteiger partial charge in [0.2, 0.25) is 17.7 Å². The molecule has 5 nitrogen and oxygen atoms in total. The van der Waals surface area contributed by atoms with Crippen LogP contribution in [0.2, 0.25) is 0 Å². The monoisotopic (exact) mass is 389 g/mol. The summed E-state index contributed by atoms with van der Waals surface area (Å²) in [5.74, 6) is 1.72. The minimum absolute atomic E-state index is 0.188. The lowest BCUT2D eigenvalue weighted by atomic mass is 9.75. The van der Waals surface area contributed by atoms with Crippen LogP contribution in [0.5, 0.6) is 0 Å². The van der Waals surface area contributed by atoms with E-state index in [1.807, 2.05) is 48.2 Å². The zero-order chi connectivity index (χ0) is 20.3. The molecule has 1 fully saturated rings. The van der Waals surface area contributed by atoms with E-state index in [0.717, 1.165) is 18.4 Å². The molecule has 1 amide bonds. The van der Waals surface area contributed by atoms with Gasteiger partial charge >= 0.3 is 0 Å². The Morgan fingerprint density at radius 2 is 1.66 bits per heavy atom. The largest absolute Gasteiger partial charge is 0.425 e. The fourth-order valence-corrected chi connectivity index (χ4v) is 4.27. The predicted molar refractivity (Wildman–Crippen MR) is 112 cm³/mol. The van der Waals surface area contributed by atoms with Gasteiger partial charge in [-0.05, 0) is 37.3 Å². The maximum atomic E-state index is 13.7. The van der Waals surface area contributed by atoms with Crippen molar-refractivity contribution in [2.24, 2.45) is 0 Å². The minimum atomic E-state index is -0.601. The zero-order valence-corrected chi connectivity index (χ0v) is 17.0. The quantitative estimate of drug-likeness (QED) is 0.653. The van der Waals surface area contributed by atoms with E-state index in [0.29, 0.717) is 31.3 Å². The molecule has 2 heterocycles. The number of nitrogens with zero attached hydrogens (tertiary/aromatic N) is 3. The standard InChI is InChI=1S/C24H27N3O2/c1-18-25-26-22(29-18)20-13-15-27(16-14-20)23(28)24(2,21-11-7-4-8-12-21)17-19-9-5-3-6-10-19/h3-12,20H,13-17H2,1-2H3. The van der Waals surface area contributed by atoms with E-state index in [1.54, 1.807) is 0 Å². The number of amides is 1. The lowest BCUT2D eigenvalue weighted by Crippen LogP contribution is -2.49. The molecule has 0 N–H and O–H groups in total. The van der Waals surface area contributed by atoms with Gasteiger partial charge in [-0.25, -0.2) is 0 Å². The summed E-state index contributed by atoms with van der Waals surface area (Å²) in [5, 5.41) is 8.12. The summed E-state index contributed by atoms with van der Waals surface area (Å²) in [6.07, 6.45) is 2.38. The van der Waals surface area contributed by atoms with E-state index >= 15 is 0 Å². The van der Waals surface area contributed by atoms with Gasteiger partial charge in [0.25, 0.3) is 0 Å². The third-order valence-corrected chi connectivity index (χ3v) is 5.96. The smallest absolute Gasteiger partial charge is 0.233 e. The van der Waals surface area contributed by atoms with E-state index in [-0.39, 0.29) is 11.8 Å². The number of hydrogen-bond donors (Lipinski definition) is 0. The van der Waals surface area contributed by atoms with Gasteiger partial charge in [0.1, 0.15) is 0 Å². The number of piperidine rings is 1. The average molecular weight is 389 g/mol. The summed E-state index contributed by atoms with van der Waals surface area (Å²) in [5.41, 5.74) is 1.63. The summed E-state index contributed by atoms with van der Waals surface area (Å²) < 4.78 is 5.61. The third kappa shape index (κ3) is 4.09. The van der Waals surface area contributed by atoms with Crippen LogP contribution in [0, 0.1) is 6.92 Å². The Morgan fingerprint density at radius 3 is 2.24 bits per heavy atom. The molecule has 150 valence electrons. The number of aryl methyl sites for hydroxylation is 1. The van der Waals surface area contributed by atoms with Gasteiger partial charge in [0.15, 0.2) is 0 Å². The molecule has 5 heteroatoms. The molecular formula is C24H27N3O2. The minimum Gasteiger partial charge on any atom is -0.425 e. The molecule has 0 bridgehead atoms. The fraction of sp³-hybridized carbons (Fsp3) is 0.375. The van der Waals surface area contributed by atoms with E-state index in [1.165, 1.54) is 5.56 Å². The first-order valence-corrected chi connectivity index (χ1v) is 10.2. The molecule has 29 heavy (non-hydrogen) atoms. The summed E-state index contributed by atoms with van der Waals surface area (Å²) in [6, 6.07) is 20.4. The molecule has 0 aliphatic carbocycles. The van der Waals surface area contributed by atoms with Gasteiger partial charge in [0, 0.05) is 25.9 Å². The van der Waals surface area contributed by atoms with Crippen molar-refractivity contribution in [3.8, 4) is 0 Å². The van der Waals surface area contributed by atoms with Gasteiger partial charge in [-0.3, -0.25) is 4.79 Å². The van der Waals surface area contributed by atoms with Crippen molar-refractivity contribution in [2.45, 2.75) is 44.4 Å². The van der Waals surface area contributed by atoms with Crippen LogP contribution >= 0.6 is 0 Å². The Hall–Kier alpha value is -2.95. The number of aromatic nitrogens is 2. The van der Waals surface area contributed by atoms with Crippen molar-refractivity contribution in [1.82, 2.24) is 15.1 Å². The Balaban J connectivity index is 1.54. The SMILES string of the molecule is Cc1nnc(C2CCN(C(=O)C(C)(Cc3ccccc3)c3ccccc3)CC2)o1. The van der Waals surface area contributed by atoms with Crippen LogP contribution in [0.1, 0.15) is 48.6 Å². The van der Waals surface area contributed by atoms with Crippen molar-refractivity contribution in [3.05, 3.63) is 83.6 Å². The second-order valence-corrected chi connectivity index (χ2v) is 8.09. The normalized spacial score (nSPS) is 17.1. The second-order valence-electron chi connectivity index (χ2n) is 8.09. The number of hydrogen-bond acceptors (Lipinski definition) is 4. The molecule has 1 aliphatic rings. The molecule has 1 unspecified atom stereocenters.